The molecule has 0 bridgehead atoms. The second kappa shape index (κ2) is 6.63. The first-order chi connectivity index (χ1) is 10.3. The summed E-state index contributed by atoms with van der Waals surface area (Å²) in [6.45, 7) is 2.44. The number of hydrogen-bond acceptors (Lipinski definition) is 4. The van der Waals surface area contributed by atoms with Crippen molar-refractivity contribution in [2.24, 2.45) is 0 Å². The molecule has 2 aromatic rings. The van der Waals surface area contributed by atoms with E-state index in [-0.39, 0.29) is 5.82 Å². The van der Waals surface area contributed by atoms with Gasteiger partial charge in [0.25, 0.3) is 0 Å². The Morgan fingerprint density at radius 1 is 1.24 bits per heavy atom. The van der Waals surface area contributed by atoms with E-state index in [9.17, 15) is 4.39 Å². The first-order valence-electron chi connectivity index (χ1n) is 7.32. The van der Waals surface area contributed by atoms with Gasteiger partial charge in [0.2, 0.25) is 0 Å². The van der Waals surface area contributed by atoms with Crippen molar-refractivity contribution in [2.75, 3.05) is 18.0 Å². The highest BCUT2D eigenvalue weighted by atomic mass is 19.1. The number of anilines is 1. The van der Waals surface area contributed by atoms with Gasteiger partial charge in [0.15, 0.2) is 5.82 Å². The summed E-state index contributed by atoms with van der Waals surface area (Å²) in [4.78, 5) is 2.23. The van der Waals surface area contributed by atoms with Crippen molar-refractivity contribution in [2.45, 2.75) is 25.4 Å². The van der Waals surface area contributed by atoms with Crippen molar-refractivity contribution in [3.63, 3.8) is 0 Å². The van der Waals surface area contributed by atoms with Crippen LogP contribution < -0.4 is 10.2 Å². The molecular weight excluding hydrogens is 267 g/mol. The van der Waals surface area contributed by atoms with Gasteiger partial charge in [-0.1, -0.05) is 18.2 Å². The van der Waals surface area contributed by atoms with Gasteiger partial charge in [-0.2, -0.15) is 5.10 Å². The van der Waals surface area contributed by atoms with E-state index in [2.05, 4.69) is 20.4 Å². The summed E-state index contributed by atoms with van der Waals surface area (Å²) in [6.07, 6.45) is 3.89. The fourth-order valence-electron chi connectivity index (χ4n) is 2.71. The topological polar surface area (TPSA) is 41.0 Å². The summed E-state index contributed by atoms with van der Waals surface area (Å²) in [5, 5.41) is 11.5. The molecule has 0 radical (unpaired) electrons. The van der Waals surface area contributed by atoms with Crippen LogP contribution in [0.15, 0.2) is 42.6 Å². The number of halogens is 1. The van der Waals surface area contributed by atoms with Crippen LogP contribution in [0.4, 0.5) is 10.2 Å². The molecule has 5 heteroatoms. The largest absolute Gasteiger partial charge is 0.354 e. The Hall–Kier alpha value is -2.01. The Balaban J connectivity index is 1.58. The predicted octanol–water partition coefficient (Wildman–Crippen LogP) is 2.37. The zero-order chi connectivity index (χ0) is 14.5. The van der Waals surface area contributed by atoms with Crippen molar-refractivity contribution in [3.05, 3.63) is 54.0 Å². The molecule has 4 nitrogen and oxygen atoms in total. The molecule has 0 amide bonds. The Morgan fingerprint density at radius 2 is 2.14 bits per heavy atom. The van der Waals surface area contributed by atoms with Crippen LogP contribution in [-0.2, 0) is 6.54 Å². The lowest BCUT2D eigenvalue weighted by Crippen LogP contribution is -2.45. The van der Waals surface area contributed by atoms with Crippen LogP contribution >= 0.6 is 0 Å². The minimum atomic E-state index is -0.147. The van der Waals surface area contributed by atoms with Crippen LogP contribution in [0.3, 0.4) is 0 Å². The molecule has 1 aliphatic rings. The molecule has 2 heterocycles. The summed E-state index contributed by atoms with van der Waals surface area (Å²) >= 11 is 0. The van der Waals surface area contributed by atoms with Crippen molar-refractivity contribution < 1.29 is 4.39 Å². The van der Waals surface area contributed by atoms with Crippen LogP contribution in [0.5, 0.6) is 0 Å². The number of hydrogen-bond donors (Lipinski definition) is 1. The molecule has 21 heavy (non-hydrogen) atoms. The summed E-state index contributed by atoms with van der Waals surface area (Å²) in [6, 6.07) is 11.1. The lowest BCUT2D eigenvalue weighted by Gasteiger charge is -2.33. The molecule has 1 saturated heterocycles. The van der Waals surface area contributed by atoms with Gasteiger partial charge in [-0.3, -0.25) is 0 Å². The average molecular weight is 286 g/mol. The Bertz CT molecular complexity index is 575. The number of benzene rings is 1. The molecule has 1 N–H and O–H groups in total. The van der Waals surface area contributed by atoms with Crippen molar-refractivity contribution >= 4 is 5.82 Å². The van der Waals surface area contributed by atoms with Crippen molar-refractivity contribution in [1.82, 2.24) is 15.5 Å². The van der Waals surface area contributed by atoms with Crippen LogP contribution in [0, 0.1) is 5.82 Å². The molecule has 0 spiro atoms. The maximum atomic E-state index is 13.6. The first kappa shape index (κ1) is 13.9. The van der Waals surface area contributed by atoms with E-state index in [0.717, 1.165) is 31.7 Å². The van der Waals surface area contributed by atoms with Gasteiger partial charge in [-0.05, 0) is 31.0 Å². The second-order valence-corrected chi connectivity index (χ2v) is 5.34. The minimum absolute atomic E-state index is 0.147. The van der Waals surface area contributed by atoms with E-state index >= 15 is 0 Å². The maximum Gasteiger partial charge on any atom is 0.151 e. The van der Waals surface area contributed by atoms with E-state index in [1.165, 1.54) is 6.07 Å². The average Bonchev–Trinajstić information content (AvgIpc) is 2.55. The Morgan fingerprint density at radius 3 is 2.95 bits per heavy atom. The van der Waals surface area contributed by atoms with Crippen LogP contribution in [-0.4, -0.2) is 29.3 Å². The number of rotatable bonds is 4. The smallest absolute Gasteiger partial charge is 0.151 e. The molecule has 1 aromatic heterocycles. The third-order valence-electron chi connectivity index (χ3n) is 3.84. The third kappa shape index (κ3) is 3.55. The lowest BCUT2D eigenvalue weighted by atomic mass is 10.1. The molecule has 1 fully saturated rings. The minimum Gasteiger partial charge on any atom is -0.354 e. The Labute approximate surface area is 124 Å². The Kier molecular flexibility index (Phi) is 4.40. The number of piperidine rings is 1. The van der Waals surface area contributed by atoms with Gasteiger partial charge < -0.3 is 10.2 Å². The predicted molar refractivity (Wildman–Crippen MR) is 80.5 cm³/mol. The summed E-state index contributed by atoms with van der Waals surface area (Å²) in [7, 11) is 0. The first-order valence-corrected chi connectivity index (χ1v) is 7.32. The zero-order valence-electron chi connectivity index (χ0n) is 11.9. The van der Waals surface area contributed by atoms with Crippen LogP contribution in [0.2, 0.25) is 0 Å². The van der Waals surface area contributed by atoms with Gasteiger partial charge in [0.1, 0.15) is 5.82 Å². The highest BCUT2D eigenvalue weighted by Crippen LogP contribution is 2.17. The second-order valence-electron chi connectivity index (χ2n) is 5.34. The monoisotopic (exact) mass is 286 g/mol. The number of nitrogens with zero attached hydrogens (tertiary/aromatic N) is 3. The molecule has 1 aliphatic heterocycles. The summed E-state index contributed by atoms with van der Waals surface area (Å²) in [5.41, 5.74) is 0.717. The van der Waals surface area contributed by atoms with E-state index in [4.69, 9.17) is 0 Å². The number of aromatic nitrogens is 2. The van der Waals surface area contributed by atoms with Gasteiger partial charge in [0, 0.05) is 37.4 Å². The maximum absolute atomic E-state index is 13.6. The summed E-state index contributed by atoms with van der Waals surface area (Å²) in [5.74, 6) is 0.765. The SMILES string of the molecule is Fc1ccccc1CNC1CCCN(c2cccnn2)C1. The van der Waals surface area contributed by atoms with E-state index in [1.54, 1.807) is 12.3 Å². The van der Waals surface area contributed by atoms with Crippen LogP contribution in [0.1, 0.15) is 18.4 Å². The zero-order valence-corrected chi connectivity index (χ0v) is 11.9. The highest BCUT2D eigenvalue weighted by Gasteiger charge is 2.20. The van der Waals surface area contributed by atoms with E-state index in [0.29, 0.717) is 18.2 Å². The lowest BCUT2D eigenvalue weighted by molar-refractivity contribution is 0.416. The van der Waals surface area contributed by atoms with Gasteiger partial charge >= 0.3 is 0 Å². The quantitative estimate of drug-likeness (QED) is 0.937. The van der Waals surface area contributed by atoms with E-state index in [1.807, 2.05) is 24.3 Å². The van der Waals surface area contributed by atoms with Gasteiger partial charge in [0.05, 0.1) is 0 Å². The highest BCUT2D eigenvalue weighted by molar-refractivity contribution is 5.37. The van der Waals surface area contributed by atoms with Crippen LogP contribution in [0.25, 0.3) is 0 Å². The fraction of sp³-hybridized carbons (Fsp3) is 0.375. The summed E-state index contributed by atoms with van der Waals surface area (Å²) < 4.78 is 13.6. The molecule has 110 valence electrons. The molecular formula is C16H19FN4. The molecule has 1 aromatic carbocycles. The van der Waals surface area contributed by atoms with Crippen molar-refractivity contribution in [1.29, 1.82) is 0 Å². The molecule has 1 atom stereocenters. The standard InChI is InChI=1S/C16H19FN4/c17-15-7-2-1-5-13(15)11-18-14-6-4-10-21(12-14)16-8-3-9-19-20-16/h1-3,5,7-9,14,18H,4,6,10-12H2. The van der Waals surface area contributed by atoms with Gasteiger partial charge in [-0.25, -0.2) is 4.39 Å². The molecule has 1 unspecified atom stereocenters. The van der Waals surface area contributed by atoms with E-state index < -0.39 is 0 Å². The third-order valence-corrected chi connectivity index (χ3v) is 3.84. The normalized spacial score (nSPS) is 18.7. The number of nitrogens with one attached hydrogen (secondary N) is 1. The van der Waals surface area contributed by atoms with Crippen molar-refractivity contribution in [3.8, 4) is 0 Å². The molecule has 0 saturated carbocycles. The van der Waals surface area contributed by atoms with Gasteiger partial charge in [-0.15, -0.1) is 5.10 Å². The fourth-order valence-corrected chi connectivity index (χ4v) is 2.71. The molecule has 3 rings (SSSR count). The molecule has 0 aliphatic carbocycles.